The van der Waals surface area contributed by atoms with Gasteiger partial charge in [0.15, 0.2) is 5.82 Å². The summed E-state index contributed by atoms with van der Waals surface area (Å²) in [6.45, 7) is 2.20. The van der Waals surface area contributed by atoms with Crippen molar-refractivity contribution in [1.29, 1.82) is 0 Å². The third-order valence-corrected chi connectivity index (χ3v) is 4.02. The fourth-order valence-corrected chi connectivity index (χ4v) is 2.70. The van der Waals surface area contributed by atoms with E-state index in [0.717, 1.165) is 23.9 Å². The number of rotatable bonds is 2. The zero-order chi connectivity index (χ0) is 15.7. The summed E-state index contributed by atoms with van der Waals surface area (Å²) in [7, 11) is 0. The van der Waals surface area contributed by atoms with Crippen molar-refractivity contribution in [3.05, 3.63) is 28.8 Å². The molecule has 1 fully saturated rings. The molecule has 3 heterocycles. The lowest BCUT2D eigenvalue weighted by atomic mass is 10.2. The Kier molecular flexibility index (Phi) is 3.75. The van der Waals surface area contributed by atoms with Gasteiger partial charge in [0.1, 0.15) is 11.4 Å². The lowest BCUT2D eigenvalue weighted by Gasteiger charge is -2.32. The van der Waals surface area contributed by atoms with E-state index in [1.165, 1.54) is 9.80 Å². The summed E-state index contributed by atoms with van der Waals surface area (Å²) in [4.78, 5) is 35.3. The van der Waals surface area contributed by atoms with E-state index in [-0.39, 0.29) is 30.9 Å². The Bertz CT molecular complexity index is 719. The van der Waals surface area contributed by atoms with Crippen LogP contribution in [0.25, 0.3) is 0 Å². The molecule has 0 bridgehead atoms. The van der Waals surface area contributed by atoms with Crippen LogP contribution in [0.5, 0.6) is 0 Å². The molecule has 3 rings (SSSR count). The van der Waals surface area contributed by atoms with E-state index in [1.807, 2.05) is 0 Å². The fraction of sp³-hybridized carbons (Fsp3) is 0.333. The lowest BCUT2D eigenvalue weighted by Crippen LogP contribution is -2.52. The molecule has 0 aliphatic carbocycles. The lowest BCUT2D eigenvalue weighted by molar-refractivity contribution is -0.120. The van der Waals surface area contributed by atoms with Crippen LogP contribution in [-0.4, -0.2) is 55.9 Å². The van der Waals surface area contributed by atoms with Crippen LogP contribution in [0.2, 0.25) is 0 Å². The van der Waals surface area contributed by atoms with Gasteiger partial charge in [0.2, 0.25) is 11.9 Å². The van der Waals surface area contributed by atoms with Gasteiger partial charge >= 0.3 is 0 Å². The van der Waals surface area contributed by atoms with E-state index in [2.05, 4.69) is 19.6 Å². The maximum absolute atomic E-state index is 12.8. The van der Waals surface area contributed by atoms with Gasteiger partial charge in [-0.3, -0.25) is 14.5 Å². The van der Waals surface area contributed by atoms with Crippen LogP contribution in [-0.2, 0) is 4.79 Å². The van der Waals surface area contributed by atoms with Gasteiger partial charge in [0, 0.05) is 13.1 Å². The summed E-state index contributed by atoms with van der Waals surface area (Å²) in [5, 5.41) is 3.79. The van der Waals surface area contributed by atoms with Gasteiger partial charge in [-0.2, -0.15) is 0 Å². The molecular weight excluding hydrogens is 311 g/mol. The van der Waals surface area contributed by atoms with E-state index >= 15 is 0 Å². The highest BCUT2D eigenvalue weighted by Crippen LogP contribution is 2.17. The van der Waals surface area contributed by atoms with Crippen molar-refractivity contribution in [2.24, 2.45) is 0 Å². The molecule has 0 aromatic carbocycles. The highest BCUT2D eigenvalue weighted by Gasteiger charge is 2.31. The van der Waals surface area contributed by atoms with Gasteiger partial charge in [-0.15, -0.1) is 5.10 Å². The quantitative estimate of drug-likeness (QED) is 0.788. The number of aryl methyl sites for hydroxylation is 1. The number of hydrogen-bond acceptors (Lipinski definition) is 7. The van der Waals surface area contributed by atoms with Crippen LogP contribution < -0.4 is 4.90 Å². The van der Waals surface area contributed by atoms with Crippen molar-refractivity contribution in [1.82, 2.24) is 24.5 Å². The van der Waals surface area contributed by atoms with Crippen LogP contribution in [0.4, 0.5) is 10.3 Å². The third-order valence-electron chi connectivity index (χ3n) is 3.20. The molecule has 2 amide bonds. The molecule has 1 aliphatic rings. The highest BCUT2D eigenvalue weighted by atomic mass is 32.1. The molecule has 0 atom stereocenters. The Morgan fingerprint density at radius 3 is 2.64 bits per heavy atom. The zero-order valence-electron chi connectivity index (χ0n) is 11.6. The van der Waals surface area contributed by atoms with E-state index in [9.17, 15) is 14.0 Å². The number of piperazine rings is 1. The van der Waals surface area contributed by atoms with Crippen LogP contribution in [0, 0.1) is 12.7 Å². The molecule has 1 aliphatic heterocycles. The second-order valence-corrected chi connectivity index (χ2v) is 5.41. The number of carbonyl (C=O) groups excluding carboxylic acids is 2. The number of carbonyl (C=O) groups is 2. The second-order valence-electron chi connectivity index (χ2n) is 4.66. The Balaban J connectivity index is 1.72. The predicted molar refractivity (Wildman–Crippen MR) is 74.9 cm³/mol. The molecule has 8 nitrogen and oxygen atoms in total. The van der Waals surface area contributed by atoms with Gasteiger partial charge in [-0.05, 0) is 18.5 Å². The third kappa shape index (κ3) is 2.64. The minimum absolute atomic E-state index is 0.0864. The minimum Gasteiger partial charge on any atom is -0.327 e. The first-order valence-corrected chi connectivity index (χ1v) is 7.19. The van der Waals surface area contributed by atoms with Crippen LogP contribution in [0.3, 0.4) is 0 Å². The molecule has 0 saturated carbocycles. The minimum atomic E-state index is -0.571. The number of halogens is 1. The standard InChI is InChI=1S/C12H11FN6O2S/c1-7-10(22-17-16-7)11(21)18-2-3-19(9(20)6-18)12-14-4-8(13)5-15-12/h4-5H,2-3,6H2,1H3. The van der Waals surface area contributed by atoms with E-state index in [1.54, 1.807) is 6.92 Å². The van der Waals surface area contributed by atoms with Gasteiger partial charge in [-0.1, -0.05) is 4.49 Å². The predicted octanol–water partition coefficient (Wildman–Crippen LogP) is 0.265. The summed E-state index contributed by atoms with van der Waals surface area (Å²) in [5.74, 6) is -1.02. The van der Waals surface area contributed by atoms with Crippen molar-refractivity contribution >= 4 is 29.3 Å². The second kappa shape index (κ2) is 5.72. The molecule has 2 aromatic heterocycles. The van der Waals surface area contributed by atoms with Crippen LogP contribution >= 0.6 is 11.5 Å². The Morgan fingerprint density at radius 1 is 1.32 bits per heavy atom. The van der Waals surface area contributed by atoms with Gasteiger partial charge < -0.3 is 4.90 Å². The molecular formula is C12H11FN6O2S. The summed E-state index contributed by atoms with van der Waals surface area (Å²) < 4.78 is 16.5. The van der Waals surface area contributed by atoms with E-state index in [4.69, 9.17) is 0 Å². The molecule has 22 heavy (non-hydrogen) atoms. The molecule has 0 spiro atoms. The Labute approximate surface area is 128 Å². The van der Waals surface area contributed by atoms with Gasteiger partial charge in [0.05, 0.1) is 18.1 Å². The SMILES string of the molecule is Cc1nnsc1C(=O)N1CCN(c2ncc(F)cn2)C(=O)C1. The first-order chi connectivity index (χ1) is 10.6. The smallest absolute Gasteiger partial charge is 0.268 e. The first-order valence-electron chi connectivity index (χ1n) is 6.42. The summed E-state index contributed by atoms with van der Waals surface area (Å²) >= 11 is 1.01. The topological polar surface area (TPSA) is 92.2 Å². The van der Waals surface area contributed by atoms with Crippen LogP contribution in [0.1, 0.15) is 15.4 Å². The molecule has 0 radical (unpaired) electrons. The van der Waals surface area contributed by atoms with Crippen molar-refractivity contribution in [2.75, 3.05) is 24.5 Å². The number of aromatic nitrogens is 4. The van der Waals surface area contributed by atoms with Gasteiger partial charge in [0.25, 0.3) is 5.91 Å². The average molecular weight is 322 g/mol. The molecule has 10 heteroatoms. The largest absolute Gasteiger partial charge is 0.327 e. The molecule has 114 valence electrons. The van der Waals surface area contributed by atoms with Gasteiger partial charge in [-0.25, -0.2) is 14.4 Å². The normalized spacial score (nSPS) is 15.3. The highest BCUT2D eigenvalue weighted by molar-refractivity contribution is 7.07. The number of nitrogens with zero attached hydrogens (tertiary/aromatic N) is 6. The summed E-state index contributed by atoms with van der Waals surface area (Å²) in [5.41, 5.74) is 0.548. The van der Waals surface area contributed by atoms with Crippen molar-refractivity contribution in [2.45, 2.75) is 6.92 Å². The monoisotopic (exact) mass is 322 g/mol. The maximum Gasteiger partial charge on any atom is 0.268 e. The first kappa shape index (κ1) is 14.4. The molecule has 2 aromatic rings. The maximum atomic E-state index is 12.8. The van der Waals surface area contributed by atoms with Crippen LogP contribution in [0.15, 0.2) is 12.4 Å². The van der Waals surface area contributed by atoms with Crippen molar-refractivity contribution in [3.8, 4) is 0 Å². The molecule has 0 N–H and O–H groups in total. The Hall–Kier alpha value is -2.49. The number of amides is 2. The molecule has 0 unspecified atom stereocenters. The van der Waals surface area contributed by atoms with E-state index in [0.29, 0.717) is 17.1 Å². The Morgan fingerprint density at radius 2 is 2.05 bits per heavy atom. The van der Waals surface area contributed by atoms with Crippen molar-refractivity contribution in [3.63, 3.8) is 0 Å². The number of hydrogen-bond donors (Lipinski definition) is 0. The fourth-order valence-electron chi connectivity index (χ4n) is 2.07. The average Bonchev–Trinajstić information content (AvgIpc) is 2.93. The number of anilines is 1. The molecule has 1 saturated heterocycles. The van der Waals surface area contributed by atoms with E-state index < -0.39 is 5.82 Å². The summed E-state index contributed by atoms with van der Waals surface area (Å²) in [6.07, 6.45) is 2.00. The van der Waals surface area contributed by atoms with Crippen molar-refractivity contribution < 1.29 is 14.0 Å². The summed E-state index contributed by atoms with van der Waals surface area (Å²) in [6, 6.07) is 0. The zero-order valence-corrected chi connectivity index (χ0v) is 12.4.